The summed E-state index contributed by atoms with van der Waals surface area (Å²) in [5.41, 5.74) is 3.86. The van der Waals surface area contributed by atoms with Crippen LogP contribution in [0.5, 0.6) is 0 Å². The van der Waals surface area contributed by atoms with Crippen LogP contribution in [0.15, 0.2) is 48.5 Å². The molecule has 21 heavy (non-hydrogen) atoms. The van der Waals surface area contributed by atoms with Gasteiger partial charge in [-0.3, -0.25) is 0 Å². The zero-order valence-corrected chi connectivity index (χ0v) is 12.4. The van der Waals surface area contributed by atoms with Gasteiger partial charge in [0.2, 0.25) is 0 Å². The number of rotatable bonds is 5. The second-order valence-corrected chi connectivity index (χ2v) is 5.29. The zero-order chi connectivity index (χ0) is 15.2. The fourth-order valence-corrected chi connectivity index (χ4v) is 2.16. The van der Waals surface area contributed by atoms with Crippen molar-refractivity contribution in [1.29, 1.82) is 5.26 Å². The number of benzene rings is 2. The Morgan fingerprint density at radius 3 is 2.19 bits per heavy atom. The predicted octanol–water partition coefficient (Wildman–Crippen LogP) is 3.25. The van der Waals surface area contributed by atoms with Gasteiger partial charge in [-0.05, 0) is 37.1 Å². The van der Waals surface area contributed by atoms with Crippen molar-refractivity contribution < 1.29 is 5.11 Å². The molecule has 0 aliphatic rings. The third-order valence-corrected chi connectivity index (χ3v) is 3.62. The van der Waals surface area contributed by atoms with E-state index in [1.807, 2.05) is 0 Å². The Morgan fingerprint density at radius 1 is 1.05 bits per heavy atom. The van der Waals surface area contributed by atoms with Crippen molar-refractivity contribution in [2.24, 2.45) is 0 Å². The number of nitriles is 1. The van der Waals surface area contributed by atoms with E-state index in [1.54, 1.807) is 24.3 Å². The molecule has 0 bridgehead atoms. The van der Waals surface area contributed by atoms with Crippen molar-refractivity contribution >= 4 is 0 Å². The summed E-state index contributed by atoms with van der Waals surface area (Å²) in [7, 11) is 0. The van der Waals surface area contributed by atoms with E-state index in [-0.39, 0.29) is 6.04 Å². The lowest BCUT2D eigenvalue weighted by Crippen LogP contribution is -2.24. The Balaban J connectivity index is 1.92. The first-order valence-corrected chi connectivity index (χ1v) is 7.08. The average molecular weight is 280 g/mol. The van der Waals surface area contributed by atoms with Crippen LogP contribution < -0.4 is 5.32 Å². The van der Waals surface area contributed by atoms with Gasteiger partial charge in [0.05, 0.1) is 17.7 Å². The van der Waals surface area contributed by atoms with E-state index < -0.39 is 6.10 Å². The van der Waals surface area contributed by atoms with Crippen LogP contribution in [0.4, 0.5) is 0 Å². The number of hydrogen-bond donors (Lipinski definition) is 2. The Hall–Kier alpha value is -2.15. The van der Waals surface area contributed by atoms with E-state index in [2.05, 4.69) is 49.5 Å². The highest BCUT2D eigenvalue weighted by Gasteiger charge is 2.10. The third kappa shape index (κ3) is 4.16. The number of nitrogens with zero attached hydrogens (tertiary/aromatic N) is 1. The quantitative estimate of drug-likeness (QED) is 0.884. The van der Waals surface area contributed by atoms with Crippen LogP contribution in [0.2, 0.25) is 0 Å². The minimum absolute atomic E-state index is 0.179. The van der Waals surface area contributed by atoms with Crippen LogP contribution in [0.25, 0.3) is 0 Å². The van der Waals surface area contributed by atoms with Gasteiger partial charge in [-0.1, -0.05) is 42.0 Å². The van der Waals surface area contributed by atoms with Gasteiger partial charge in [0.15, 0.2) is 0 Å². The molecular formula is C18H20N2O. The Morgan fingerprint density at radius 2 is 1.62 bits per heavy atom. The van der Waals surface area contributed by atoms with Gasteiger partial charge < -0.3 is 10.4 Å². The lowest BCUT2D eigenvalue weighted by molar-refractivity contribution is 0.171. The van der Waals surface area contributed by atoms with Gasteiger partial charge in [0.25, 0.3) is 0 Å². The summed E-state index contributed by atoms with van der Waals surface area (Å²) >= 11 is 0. The van der Waals surface area contributed by atoms with Crippen molar-refractivity contribution in [2.45, 2.75) is 26.0 Å². The van der Waals surface area contributed by atoms with Crippen molar-refractivity contribution in [3.8, 4) is 6.07 Å². The van der Waals surface area contributed by atoms with E-state index >= 15 is 0 Å². The molecule has 2 aromatic rings. The first-order chi connectivity index (χ1) is 10.1. The zero-order valence-electron chi connectivity index (χ0n) is 12.4. The molecule has 3 heteroatoms. The molecule has 0 aliphatic heterocycles. The molecule has 2 atom stereocenters. The Kier molecular flexibility index (Phi) is 5.10. The van der Waals surface area contributed by atoms with E-state index in [1.165, 1.54) is 11.1 Å². The fraction of sp³-hybridized carbons (Fsp3) is 0.278. The SMILES string of the molecule is Cc1ccc([C@H](C)NCC(O)c2ccc(C#N)cc2)cc1. The molecule has 0 spiro atoms. The molecule has 1 unspecified atom stereocenters. The molecule has 0 radical (unpaired) electrons. The molecule has 0 aromatic heterocycles. The maximum atomic E-state index is 10.2. The lowest BCUT2D eigenvalue weighted by Gasteiger charge is -2.18. The predicted molar refractivity (Wildman–Crippen MR) is 83.7 cm³/mol. The number of hydrogen-bond acceptors (Lipinski definition) is 3. The van der Waals surface area contributed by atoms with E-state index in [9.17, 15) is 5.11 Å². The third-order valence-electron chi connectivity index (χ3n) is 3.62. The topological polar surface area (TPSA) is 56.0 Å². The van der Waals surface area contributed by atoms with Crippen LogP contribution in [-0.2, 0) is 0 Å². The highest BCUT2D eigenvalue weighted by Crippen LogP contribution is 2.16. The normalized spacial score (nSPS) is 13.4. The standard InChI is InChI=1S/C18H20N2O/c1-13-3-7-16(8-4-13)14(2)20-12-18(21)17-9-5-15(11-19)6-10-17/h3-10,14,18,20-21H,12H2,1-2H3/t14-,18?/m0/s1. The van der Waals surface area contributed by atoms with Crippen LogP contribution in [0.1, 0.15) is 41.3 Å². The first kappa shape index (κ1) is 15.2. The van der Waals surface area contributed by atoms with Crippen molar-refractivity contribution in [3.05, 3.63) is 70.8 Å². The number of aryl methyl sites for hydroxylation is 1. The number of aliphatic hydroxyl groups is 1. The van der Waals surface area contributed by atoms with E-state index in [4.69, 9.17) is 5.26 Å². The summed E-state index contributed by atoms with van der Waals surface area (Å²) in [4.78, 5) is 0. The molecule has 0 amide bonds. The minimum atomic E-state index is -0.578. The first-order valence-electron chi connectivity index (χ1n) is 7.08. The molecule has 2 rings (SSSR count). The molecule has 0 aliphatic carbocycles. The lowest BCUT2D eigenvalue weighted by atomic mass is 10.0. The second kappa shape index (κ2) is 7.03. The number of aliphatic hydroxyl groups excluding tert-OH is 1. The van der Waals surface area contributed by atoms with Crippen LogP contribution in [0.3, 0.4) is 0 Å². The van der Waals surface area contributed by atoms with Crippen molar-refractivity contribution in [3.63, 3.8) is 0 Å². The average Bonchev–Trinajstić information content (AvgIpc) is 2.53. The molecular weight excluding hydrogens is 260 g/mol. The maximum Gasteiger partial charge on any atom is 0.0991 e. The van der Waals surface area contributed by atoms with Gasteiger partial charge in [0, 0.05) is 12.6 Å². The summed E-state index contributed by atoms with van der Waals surface area (Å²) in [5, 5.41) is 22.3. The second-order valence-electron chi connectivity index (χ2n) is 5.29. The monoisotopic (exact) mass is 280 g/mol. The Bertz CT molecular complexity index is 611. The van der Waals surface area contributed by atoms with Gasteiger partial charge >= 0.3 is 0 Å². The summed E-state index contributed by atoms with van der Waals surface area (Å²) in [6.45, 7) is 4.62. The number of nitrogens with one attached hydrogen (secondary N) is 1. The summed E-state index contributed by atoms with van der Waals surface area (Å²) in [6, 6.07) is 17.7. The molecule has 3 nitrogen and oxygen atoms in total. The maximum absolute atomic E-state index is 10.2. The van der Waals surface area contributed by atoms with Crippen LogP contribution >= 0.6 is 0 Å². The fourth-order valence-electron chi connectivity index (χ4n) is 2.16. The highest BCUT2D eigenvalue weighted by molar-refractivity contribution is 5.32. The van der Waals surface area contributed by atoms with Crippen LogP contribution in [-0.4, -0.2) is 11.7 Å². The molecule has 0 saturated heterocycles. The molecule has 2 aromatic carbocycles. The molecule has 0 heterocycles. The van der Waals surface area contributed by atoms with Gasteiger partial charge in [-0.25, -0.2) is 0 Å². The van der Waals surface area contributed by atoms with E-state index in [0.717, 1.165) is 5.56 Å². The van der Waals surface area contributed by atoms with Gasteiger partial charge in [-0.2, -0.15) is 5.26 Å². The van der Waals surface area contributed by atoms with Gasteiger partial charge in [-0.15, -0.1) is 0 Å². The van der Waals surface area contributed by atoms with Crippen molar-refractivity contribution in [2.75, 3.05) is 6.54 Å². The summed E-state index contributed by atoms with van der Waals surface area (Å²) < 4.78 is 0. The molecule has 2 N–H and O–H groups in total. The highest BCUT2D eigenvalue weighted by atomic mass is 16.3. The molecule has 0 saturated carbocycles. The summed E-state index contributed by atoms with van der Waals surface area (Å²) in [6.07, 6.45) is -0.578. The van der Waals surface area contributed by atoms with Crippen molar-refractivity contribution in [1.82, 2.24) is 5.32 Å². The van der Waals surface area contributed by atoms with Crippen LogP contribution in [0, 0.1) is 18.3 Å². The van der Waals surface area contributed by atoms with Gasteiger partial charge in [0.1, 0.15) is 0 Å². The Labute approximate surface area is 125 Å². The molecule has 108 valence electrons. The smallest absolute Gasteiger partial charge is 0.0991 e. The minimum Gasteiger partial charge on any atom is -0.387 e. The van der Waals surface area contributed by atoms with E-state index in [0.29, 0.717) is 12.1 Å². The molecule has 0 fully saturated rings. The summed E-state index contributed by atoms with van der Waals surface area (Å²) in [5.74, 6) is 0. The largest absolute Gasteiger partial charge is 0.387 e.